The summed E-state index contributed by atoms with van der Waals surface area (Å²) in [7, 11) is 0. The second-order valence-corrected chi connectivity index (χ2v) is 6.26. The molecule has 1 aliphatic rings. The molecule has 1 aromatic heterocycles. The fourth-order valence-electron chi connectivity index (χ4n) is 2.75. The number of rotatable bonds is 4. The Bertz CT molecular complexity index is 682. The molecule has 0 spiro atoms. The molecule has 0 saturated carbocycles. The fourth-order valence-corrected chi connectivity index (χ4v) is 3.47. The summed E-state index contributed by atoms with van der Waals surface area (Å²) in [5, 5.41) is 8.72. The second kappa shape index (κ2) is 5.81. The molecule has 1 aromatic carbocycles. The molecule has 1 amide bonds. The number of aromatic nitrogens is 1. The van der Waals surface area contributed by atoms with Gasteiger partial charge in [0.1, 0.15) is 0 Å². The van der Waals surface area contributed by atoms with Gasteiger partial charge in [0.05, 0.1) is 15.7 Å². The standard InChI is InChI=1S/C15H16N2O3S/c18-14(19)4-1-10-5-6-17(8-10)15(20)11-2-3-12-13(7-11)21-9-16-12/h2-3,7,9-10H,1,4-6,8H2,(H,18,19). The number of benzene rings is 1. The van der Waals surface area contributed by atoms with E-state index in [0.717, 1.165) is 16.6 Å². The van der Waals surface area contributed by atoms with Gasteiger partial charge in [0, 0.05) is 25.1 Å². The van der Waals surface area contributed by atoms with Gasteiger partial charge < -0.3 is 10.0 Å². The van der Waals surface area contributed by atoms with Gasteiger partial charge in [-0.2, -0.15) is 0 Å². The van der Waals surface area contributed by atoms with Crippen molar-refractivity contribution in [2.45, 2.75) is 19.3 Å². The highest BCUT2D eigenvalue weighted by Crippen LogP contribution is 2.24. The number of carbonyl (C=O) groups is 2. The molecule has 6 heteroatoms. The summed E-state index contributed by atoms with van der Waals surface area (Å²) >= 11 is 1.53. The molecule has 21 heavy (non-hydrogen) atoms. The number of fused-ring (bicyclic) bond motifs is 1. The normalized spacial score (nSPS) is 18.3. The minimum absolute atomic E-state index is 0.0307. The van der Waals surface area contributed by atoms with Crippen molar-refractivity contribution in [2.24, 2.45) is 5.92 Å². The van der Waals surface area contributed by atoms with E-state index in [4.69, 9.17) is 5.11 Å². The van der Waals surface area contributed by atoms with Crippen LogP contribution >= 0.6 is 11.3 Å². The van der Waals surface area contributed by atoms with Crippen LogP contribution in [-0.4, -0.2) is 40.0 Å². The third kappa shape index (κ3) is 3.05. The molecule has 1 fully saturated rings. The maximum absolute atomic E-state index is 12.5. The number of carbonyl (C=O) groups excluding carboxylic acids is 1. The van der Waals surface area contributed by atoms with Gasteiger partial charge in [-0.1, -0.05) is 0 Å². The Hall–Kier alpha value is -1.95. The van der Waals surface area contributed by atoms with Crippen LogP contribution in [0.5, 0.6) is 0 Å². The predicted octanol–water partition coefficient (Wildman–Crippen LogP) is 2.62. The minimum atomic E-state index is -0.768. The van der Waals surface area contributed by atoms with Gasteiger partial charge in [0.2, 0.25) is 0 Å². The Labute approximate surface area is 126 Å². The molecular weight excluding hydrogens is 288 g/mol. The smallest absolute Gasteiger partial charge is 0.303 e. The summed E-state index contributed by atoms with van der Waals surface area (Å²) in [6.07, 6.45) is 1.72. The molecule has 2 heterocycles. The molecule has 1 unspecified atom stereocenters. The van der Waals surface area contributed by atoms with E-state index in [-0.39, 0.29) is 12.3 Å². The minimum Gasteiger partial charge on any atom is -0.481 e. The fraction of sp³-hybridized carbons (Fsp3) is 0.400. The highest BCUT2D eigenvalue weighted by Gasteiger charge is 2.27. The summed E-state index contributed by atoms with van der Waals surface area (Å²) in [5.41, 5.74) is 3.37. The second-order valence-electron chi connectivity index (χ2n) is 5.37. The van der Waals surface area contributed by atoms with Gasteiger partial charge in [0.25, 0.3) is 5.91 Å². The number of hydrogen-bond donors (Lipinski definition) is 1. The first-order valence-electron chi connectivity index (χ1n) is 6.98. The lowest BCUT2D eigenvalue weighted by Crippen LogP contribution is -2.28. The van der Waals surface area contributed by atoms with Crippen LogP contribution in [-0.2, 0) is 4.79 Å². The highest BCUT2D eigenvalue weighted by molar-refractivity contribution is 7.16. The molecule has 0 radical (unpaired) electrons. The van der Waals surface area contributed by atoms with Crippen molar-refractivity contribution in [1.29, 1.82) is 0 Å². The molecule has 1 N–H and O–H groups in total. The van der Waals surface area contributed by atoms with E-state index in [0.29, 0.717) is 31.0 Å². The summed E-state index contributed by atoms with van der Waals surface area (Å²) in [6, 6.07) is 5.58. The van der Waals surface area contributed by atoms with Crippen molar-refractivity contribution in [3.05, 3.63) is 29.3 Å². The average molecular weight is 304 g/mol. The van der Waals surface area contributed by atoms with E-state index in [2.05, 4.69) is 4.98 Å². The Balaban J connectivity index is 1.66. The predicted molar refractivity (Wildman–Crippen MR) is 80.5 cm³/mol. The van der Waals surface area contributed by atoms with Crippen molar-refractivity contribution in [3.63, 3.8) is 0 Å². The van der Waals surface area contributed by atoms with Gasteiger partial charge in [-0.25, -0.2) is 4.98 Å². The Morgan fingerprint density at radius 1 is 1.43 bits per heavy atom. The first-order chi connectivity index (χ1) is 10.1. The zero-order chi connectivity index (χ0) is 14.8. The number of nitrogens with zero attached hydrogens (tertiary/aromatic N) is 2. The van der Waals surface area contributed by atoms with Crippen LogP contribution in [0.2, 0.25) is 0 Å². The lowest BCUT2D eigenvalue weighted by atomic mass is 10.0. The van der Waals surface area contributed by atoms with Gasteiger partial charge in [-0.05, 0) is 37.0 Å². The molecule has 1 saturated heterocycles. The van der Waals surface area contributed by atoms with E-state index < -0.39 is 5.97 Å². The molecule has 1 aliphatic heterocycles. The van der Waals surface area contributed by atoms with E-state index in [9.17, 15) is 9.59 Å². The third-order valence-corrected chi connectivity index (χ3v) is 4.71. The zero-order valence-electron chi connectivity index (χ0n) is 11.5. The van der Waals surface area contributed by atoms with Gasteiger partial charge in [-0.15, -0.1) is 11.3 Å². The molecule has 110 valence electrons. The largest absolute Gasteiger partial charge is 0.481 e. The maximum Gasteiger partial charge on any atom is 0.303 e. The molecule has 2 aromatic rings. The van der Waals surface area contributed by atoms with Crippen LogP contribution in [0.15, 0.2) is 23.7 Å². The van der Waals surface area contributed by atoms with Gasteiger partial charge >= 0.3 is 5.97 Å². The summed E-state index contributed by atoms with van der Waals surface area (Å²) < 4.78 is 1.02. The number of likely N-dealkylation sites (tertiary alicyclic amines) is 1. The third-order valence-electron chi connectivity index (χ3n) is 3.92. The van der Waals surface area contributed by atoms with Crippen molar-refractivity contribution in [2.75, 3.05) is 13.1 Å². The number of thiazole rings is 1. The molecule has 5 nitrogen and oxygen atoms in total. The number of hydrogen-bond acceptors (Lipinski definition) is 4. The van der Waals surface area contributed by atoms with Gasteiger partial charge in [-0.3, -0.25) is 9.59 Å². The SMILES string of the molecule is O=C(O)CCC1CCN(C(=O)c2ccc3ncsc3c2)C1. The van der Waals surface area contributed by atoms with Crippen LogP contribution in [0.25, 0.3) is 10.2 Å². The van der Waals surface area contributed by atoms with Gasteiger partial charge in [0.15, 0.2) is 0 Å². The molecule has 0 bridgehead atoms. The zero-order valence-corrected chi connectivity index (χ0v) is 12.3. The molecule has 1 atom stereocenters. The summed E-state index contributed by atoms with van der Waals surface area (Å²) in [4.78, 5) is 29.1. The van der Waals surface area contributed by atoms with E-state index in [1.54, 1.807) is 5.51 Å². The maximum atomic E-state index is 12.5. The van der Waals surface area contributed by atoms with Crippen LogP contribution in [0.3, 0.4) is 0 Å². The summed E-state index contributed by atoms with van der Waals surface area (Å²) in [5.74, 6) is -0.435. The van der Waals surface area contributed by atoms with E-state index in [1.807, 2.05) is 23.1 Å². The molecule has 3 rings (SSSR count). The van der Waals surface area contributed by atoms with Crippen LogP contribution < -0.4 is 0 Å². The van der Waals surface area contributed by atoms with E-state index >= 15 is 0 Å². The van der Waals surface area contributed by atoms with E-state index in [1.165, 1.54) is 11.3 Å². The first-order valence-corrected chi connectivity index (χ1v) is 7.86. The quantitative estimate of drug-likeness (QED) is 0.942. The Morgan fingerprint density at radius 2 is 2.29 bits per heavy atom. The first kappa shape index (κ1) is 14.0. The van der Waals surface area contributed by atoms with Crippen LogP contribution in [0.4, 0.5) is 0 Å². The number of aliphatic carboxylic acids is 1. The molecular formula is C15H16N2O3S. The van der Waals surface area contributed by atoms with Crippen molar-refractivity contribution in [3.8, 4) is 0 Å². The van der Waals surface area contributed by atoms with Crippen LogP contribution in [0.1, 0.15) is 29.6 Å². The summed E-state index contributed by atoms with van der Waals surface area (Å²) in [6.45, 7) is 1.37. The lowest BCUT2D eigenvalue weighted by Gasteiger charge is -2.16. The topological polar surface area (TPSA) is 70.5 Å². The number of amides is 1. The highest BCUT2D eigenvalue weighted by atomic mass is 32.1. The van der Waals surface area contributed by atoms with Crippen LogP contribution in [0, 0.1) is 5.92 Å². The Kier molecular flexibility index (Phi) is 3.88. The average Bonchev–Trinajstić information content (AvgIpc) is 3.12. The number of carboxylic acid groups (broad SMARTS) is 1. The Morgan fingerprint density at radius 3 is 3.10 bits per heavy atom. The number of carboxylic acids is 1. The monoisotopic (exact) mass is 304 g/mol. The van der Waals surface area contributed by atoms with Crippen molar-refractivity contribution < 1.29 is 14.7 Å². The molecule has 0 aliphatic carbocycles. The van der Waals surface area contributed by atoms with Crippen molar-refractivity contribution in [1.82, 2.24) is 9.88 Å². The lowest BCUT2D eigenvalue weighted by molar-refractivity contribution is -0.137. The van der Waals surface area contributed by atoms with Crippen molar-refractivity contribution >= 4 is 33.4 Å².